The monoisotopic (exact) mass is 334 g/mol. The summed E-state index contributed by atoms with van der Waals surface area (Å²) in [5, 5.41) is 5.56. The van der Waals surface area contributed by atoms with Gasteiger partial charge in [-0.05, 0) is 37.8 Å². The molecule has 1 unspecified atom stereocenters. The second-order valence-electron chi connectivity index (χ2n) is 5.86. The SMILES string of the molecule is Cc1ccccc1OCCCC(=O)NCCNC(=O)C1CCCO1. The van der Waals surface area contributed by atoms with Crippen molar-refractivity contribution in [3.8, 4) is 5.75 Å². The lowest BCUT2D eigenvalue weighted by Crippen LogP contribution is -2.39. The Labute approximate surface area is 142 Å². The minimum absolute atomic E-state index is 0.0326. The van der Waals surface area contributed by atoms with Crippen LogP contribution in [0.15, 0.2) is 24.3 Å². The van der Waals surface area contributed by atoms with Gasteiger partial charge in [-0.15, -0.1) is 0 Å². The number of carbonyl (C=O) groups excluding carboxylic acids is 2. The molecule has 0 aliphatic carbocycles. The summed E-state index contributed by atoms with van der Waals surface area (Å²) in [5.41, 5.74) is 1.09. The molecular weight excluding hydrogens is 308 g/mol. The first-order chi connectivity index (χ1) is 11.7. The number of aryl methyl sites for hydroxylation is 1. The van der Waals surface area contributed by atoms with Gasteiger partial charge in [0.2, 0.25) is 11.8 Å². The van der Waals surface area contributed by atoms with Crippen molar-refractivity contribution in [2.45, 2.75) is 38.7 Å². The summed E-state index contributed by atoms with van der Waals surface area (Å²) in [4.78, 5) is 23.4. The first-order valence-electron chi connectivity index (χ1n) is 8.51. The second-order valence-corrected chi connectivity index (χ2v) is 5.86. The van der Waals surface area contributed by atoms with Gasteiger partial charge in [0.25, 0.3) is 0 Å². The molecule has 1 aliphatic heterocycles. The Bertz CT molecular complexity index is 542. The average Bonchev–Trinajstić information content (AvgIpc) is 3.11. The van der Waals surface area contributed by atoms with Crippen LogP contribution in [-0.4, -0.2) is 44.2 Å². The van der Waals surface area contributed by atoms with Gasteiger partial charge in [0, 0.05) is 26.1 Å². The van der Waals surface area contributed by atoms with Crippen molar-refractivity contribution in [1.82, 2.24) is 10.6 Å². The van der Waals surface area contributed by atoms with Gasteiger partial charge >= 0.3 is 0 Å². The molecule has 1 atom stereocenters. The number of hydrogen-bond acceptors (Lipinski definition) is 4. The second kappa shape index (κ2) is 9.93. The van der Waals surface area contributed by atoms with Crippen LogP contribution in [0.4, 0.5) is 0 Å². The van der Waals surface area contributed by atoms with Crippen molar-refractivity contribution in [2.75, 3.05) is 26.3 Å². The number of benzene rings is 1. The number of rotatable bonds is 9. The number of carbonyl (C=O) groups is 2. The smallest absolute Gasteiger partial charge is 0.249 e. The summed E-state index contributed by atoms with van der Waals surface area (Å²) in [7, 11) is 0. The zero-order chi connectivity index (χ0) is 17.2. The topological polar surface area (TPSA) is 76.7 Å². The predicted octanol–water partition coefficient (Wildman–Crippen LogP) is 1.57. The van der Waals surface area contributed by atoms with Crippen molar-refractivity contribution >= 4 is 11.8 Å². The third-order valence-electron chi connectivity index (χ3n) is 3.87. The van der Waals surface area contributed by atoms with Crippen molar-refractivity contribution < 1.29 is 19.1 Å². The van der Waals surface area contributed by atoms with Crippen LogP contribution in [0.2, 0.25) is 0 Å². The van der Waals surface area contributed by atoms with Crippen molar-refractivity contribution in [3.05, 3.63) is 29.8 Å². The summed E-state index contributed by atoms with van der Waals surface area (Å²) < 4.78 is 10.9. The Kier molecular flexibility index (Phi) is 7.55. The summed E-state index contributed by atoms with van der Waals surface area (Å²) >= 11 is 0. The quantitative estimate of drug-likeness (QED) is 0.672. The summed E-state index contributed by atoms with van der Waals surface area (Å²) in [5.74, 6) is 0.734. The van der Waals surface area contributed by atoms with Crippen LogP contribution in [-0.2, 0) is 14.3 Å². The Morgan fingerprint density at radius 1 is 1.25 bits per heavy atom. The maximum absolute atomic E-state index is 11.7. The van der Waals surface area contributed by atoms with Gasteiger partial charge in [-0.2, -0.15) is 0 Å². The van der Waals surface area contributed by atoms with E-state index in [1.54, 1.807) is 0 Å². The van der Waals surface area contributed by atoms with Crippen LogP contribution in [0.3, 0.4) is 0 Å². The number of amides is 2. The molecule has 1 saturated heterocycles. The number of ether oxygens (including phenoxy) is 2. The molecule has 0 radical (unpaired) electrons. The Balaban J connectivity index is 1.49. The molecule has 24 heavy (non-hydrogen) atoms. The molecule has 6 nitrogen and oxygen atoms in total. The molecular formula is C18H26N2O4. The van der Waals surface area contributed by atoms with Crippen LogP contribution in [0.5, 0.6) is 5.75 Å². The van der Waals surface area contributed by atoms with Gasteiger partial charge in [0.1, 0.15) is 11.9 Å². The van der Waals surface area contributed by atoms with Gasteiger partial charge in [0.15, 0.2) is 0 Å². The molecule has 2 N–H and O–H groups in total. The van der Waals surface area contributed by atoms with Gasteiger partial charge in [-0.1, -0.05) is 18.2 Å². The van der Waals surface area contributed by atoms with E-state index in [1.807, 2.05) is 31.2 Å². The lowest BCUT2D eigenvalue weighted by atomic mass is 10.2. The fourth-order valence-electron chi connectivity index (χ4n) is 2.51. The van der Waals surface area contributed by atoms with Crippen LogP contribution < -0.4 is 15.4 Å². The van der Waals surface area contributed by atoms with E-state index in [0.717, 1.165) is 24.2 Å². The highest BCUT2D eigenvalue weighted by Crippen LogP contribution is 2.16. The van der Waals surface area contributed by atoms with E-state index in [-0.39, 0.29) is 17.9 Å². The van der Waals surface area contributed by atoms with Crippen molar-refractivity contribution in [2.24, 2.45) is 0 Å². The number of para-hydroxylation sites is 1. The van der Waals surface area contributed by atoms with Crippen LogP contribution in [0.25, 0.3) is 0 Å². The first-order valence-corrected chi connectivity index (χ1v) is 8.51. The minimum atomic E-state index is -0.320. The third-order valence-corrected chi connectivity index (χ3v) is 3.87. The van der Waals surface area contributed by atoms with Crippen LogP contribution >= 0.6 is 0 Å². The van der Waals surface area contributed by atoms with Crippen LogP contribution in [0, 0.1) is 6.92 Å². The molecule has 132 valence electrons. The zero-order valence-electron chi connectivity index (χ0n) is 14.2. The highest BCUT2D eigenvalue weighted by molar-refractivity contribution is 5.81. The van der Waals surface area contributed by atoms with Crippen molar-refractivity contribution in [3.63, 3.8) is 0 Å². The standard InChI is InChI=1S/C18H26N2O4/c1-14-6-2-3-7-15(14)23-13-5-9-17(21)19-10-11-20-18(22)16-8-4-12-24-16/h2-3,6-7,16H,4-5,8-13H2,1H3,(H,19,21)(H,20,22). The van der Waals surface area contributed by atoms with E-state index in [9.17, 15) is 9.59 Å². The molecule has 0 bridgehead atoms. The van der Waals surface area contributed by atoms with Gasteiger partial charge in [0.05, 0.1) is 6.61 Å². The lowest BCUT2D eigenvalue weighted by Gasteiger charge is -2.11. The van der Waals surface area contributed by atoms with Gasteiger partial charge in [-0.25, -0.2) is 0 Å². The van der Waals surface area contributed by atoms with Gasteiger partial charge < -0.3 is 20.1 Å². The highest BCUT2D eigenvalue weighted by atomic mass is 16.5. The molecule has 0 saturated carbocycles. The van der Waals surface area contributed by atoms with E-state index in [2.05, 4.69) is 10.6 Å². The molecule has 0 aromatic heterocycles. The molecule has 2 rings (SSSR count). The fourth-order valence-corrected chi connectivity index (χ4v) is 2.51. The van der Waals surface area contributed by atoms with Crippen LogP contribution in [0.1, 0.15) is 31.2 Å². The zero-order valence-corrected chi connectivity index (χ0v) is 14.2. The first kappa shape index (κ1) is 18.3. The molecule has 0 spiro atoms. The Hall–Kier alpha value is -2.08. The fraction of sp³-hybridized carbons (Fsp3) is 0.556. The lowest BCUT2D eigenvalue weighted by molar-refractivity contribution is -0.130. The van der Waals surface area contributed by atoms with E-state index >= 15 is 0 Å². The van der Waals surface area contributed by atoms with Gasteiger partial charge in [-0.3, -0.25) is 9.59 Å². The molecule has 6 heteroatoms. The maximum Gasteiger partial charge on any atom is 0.249 e. The summed E-state index contributed by atoms with van der Waals surface area (Å²) in [6.45, 7) is 4.00. The molecule has 1 fully saturated rings. The normalized spacial score (nSPS) is 16.6. The van der Waals surface area contributed by atoms with E-state index in [1.165, 1.54) is 0 Å². The van der Waals surface area contributed by atoms with E-state index < -0.39 is 0 Å². The van der Waals surface area contributed by atoms with Crippen molar-refractivity contribution in [1.29, 1.82) is 0 Å². The average molecular weight is 334 g/mol. The largest absolute Gasteiger partial charge is 0.493 e. The molecule has 1 heterocycles. The number of nitrogens with one attached hydrogen (secondary N) is 2. The molecule has 1 aliphatic rings. The predicted molar refractivity (Wildman–Crippen MR) is 90.9 cm³/mol. The Morgan fingerprint density at radius 2 is 2.04 bits per heavy atom. The number of hydrogen-bond donors (Lipinski definition) is 2. The van der Waals surface area contributed by atoms with E-state index in [0.29, 0.717) is 39.1 Å². The third kappa shape index (κ3) is 6.20. The highest BCUT2D eigenvalue weighted by Gasteiger charge is 2.22. The molecule has 2 amide bonds. The summed E-state index contributed by atoms with van der Waals surface area (Å²) in [6.07, 6.45) is 2.45. The van der Waals surface area contributed by atoms with E-state index in [4.69, 9.17) is 9.47 Å². The Morgan fingerprint density at radius 3 is 2.79 bits per heavy atom. The maximum atomic E-state index is 11.7. The molecule has 1 aromatic rings. The minimum Gasteiger partial charge on any atom is -0.493 e. The molecule has 1 aromatic carbocycles. The summed E-state index contributed by atoms with van der Waals surface area (Å²) in [6, 6.07) is 7.81.